The molecule has 1 saturated carbocycles. The summed E-state index contributed by atoms with van der Waals surface area (Å²) in [6.07, 6.45) is 1.14. The highest BCUT2D eigenvalue weighted by Crippen LogP contribution is 2.37. The van der Waals surface area contributed by atoms with E-state index in [4.69, 9.17) is 4.42 Å². The van der Waals surface area contributed by atoms with E-state index >= 15 is 0 Å². The Morgan fingerprint density at radius 1 is 1.13 bits per heavy atom. The molecule has 0 radical (unpaired) electrons. The highest BCUT2D eigenvalue weighted by atomic mass is 19.1. The predicted molar refractivity (Wildman–Crippen MR) is 116 cm³/mol. The van der Waals surface area contributed by atoms with Gasteiger partial charge in [0.1, 0.15) is 16.9 Å². The average molecular weight is 421 g/mol. The summed E-state index contributed by atoms with van der Waals surface area (Å²) in [5, 5.41) is 10.1. The van der Waals surface area contributed by atoms with Gasteiger partial charge in [-0.15, -0.1) is 0 Å². The Morgan fingerprint density at radius 3 is 2.52 bits per heavy atom. The lowest BCUT2D eigenvalue weighted by Gasteiger charge is -2.38. The number of amides is 1. The van der Waals surface area contributed by atoms with Crippen molar-refractivity contribution >= 4 is 22.7 Å². The summed E-state index contributed by atoms with van der Waals surface area (Å²) >= 11 is 0. The van der Waals surface area contributed by atoms with E-state index in [2.05, 4.69) is 16.5 Å². The fraction of sp³-hybridized carbons (Fsp3) is 0.333. The third-order valence-corrected chi connectivity index (χ3v) is 6.21. The highest BCUT2D eigenvalue weighted by molar-refractivity contribution is 5.88. The molecule has 1 aliphatic heterocycles. The molecule has 1 aliphatic carbocycles. The number of benzene rings is 2. The Hall–Kier alpha value is -3.19. The molecule has 0 bridgehead atoms. The van der Waals surface area contributed by atoms with Crippen LogP contribution in [-0.2, 0) is 4.79 Å². The minimum absolute atomic E-state index is 0.142. The second-order valence-electron chi connectivity index (χ2n) is 8.42. The number of aryl methyl sites for hydroxylation is 1. The van der Waals surface area contributed by atoms with Crippen LogP contribution >= 0.6 is 0 Å². The van der Waals surface area contributed by atoms with E-state index in [-0.39, 0.29) is 11.7 Å². The van der Waals surface area contributed by atoms with Gasteiger partial charge in [0.25, 0.3) is 5.91 Å². The number of aliphatic hydroxyl groups is 1. The van der Waals surface area contributed by atoms with E-state index in [0.29, 0.717) is 56.0 Å². The van der Waals surface area contributed by atoms with E-state index in [1.54, 1.807) is 11.0 Å². The Balaban J connectivity index is 1.30. The number of carbonyl (C=O) groups is 1. The number of fused-ring (bicyclic) bond motifs is 1. The van der Waals surface area contributed by atoms with Gasteiger partial charge in [-0.1, -0.05) is 12.6 Å². The second-order valence-corrected chi connectivity index (χ2v) is 8.42. The standard InChI is InChI=1S/C24H24FN3O3/c1-15-13-17(22-26-20-6-4-18(25)14-21(20)31-22)3-5-19(15)16(2)27-9-11-28(12-10-27)23(29)24(30)7-8-24/h3-6,13-14,30H,2,7-12H2,1H3. The van der Waals surface area contributed by atoms with E-state index in [0.717, 1.165) is 22.4 Å². The zero-order valence-corrected chi connectivity index (χ0v) is 17.4. The summed E-state index contributed by atoms with van der Waals surface area (Å²) in [6, 6.07) is 10.2. The van der Waals surface area contributed by atoms with Crippen molar-refractivity contribution in [2.75, 3.05) is 26.2 Å². The first-order valence-electron chi connectivity index (χ1n) is 10.5. The Morgan fingerprint density at radius 2 is 1.84 bits per heavy atom. The predicted octanol–water partition coefficient (Wildman–Crippen LogP) is 3.58. The van der Waals surface area contributed by atoms with Gasteiger partial charge in [0.15, 0.2) is 5.58 Å². The first kappa shape index (κ1) is 19.8. The molecule has 2 heterocycles. The second kappa shape index (κ2) is 7.20. The molecule has 2 aliphatic rings. The molecule has 2 fully saturated rings. The van der Waals surface area contributed by atoms with E-state index in [1.807, 2.05) is 25.1 Å². The molecule has 160 valence electrons. The number of rotatable bonds is 4. The maximum atomic E-state index is 13.4. The molecule has 1 aromatic heterocycles. The molecule has 1 amide bonds. The quantitative estimate of drug-likeness (QED) is 0.697. The molecule has 7 heteroatoms. The zero-order chi connectivity index (χ0) is 21.8. The van der Waals surface area contributed by atoms with Crippen molar-refractivity contribution in [3.63, 3.8) is 0 Å². The van der Waals surface area contributed by atoms with Crippen LogP contribution in [0.25, 0.3) is 28.3 Å². The number of piperazine rings is 1. The molecule has 6 nitrogen and oxygen atoms in total. The number of hydrogen-bond acceptors (Lipinski definition) is 5. The molecular weight excluding hydrogens is 397 g/mol. The highest BCUT2D eigenvalue weighted by Gasteiger charge is 2.50. The topological polar surface area (TPSA) is 69.8 Å². The number of oxazole rings is 1. The Bertz CT molecular complexity index is 1190. The lowest BCUT2D eigenvalue weighted by Crippen LogP contribution is -2.51. The van der Waals surface area contributed by atoms with Crippen molar-refractivity contribution < 1.29 is 18.7 Å². The van der Waals surface area contributed by atoms with Crippen molar-refractivity contribution in [3.8, 4) is 11.5 Å². The summed E-state index contributed by atoms with van der Waals surface area (Å²) in [6.45, 7) is 8.81. The van der Waals surface area contributed by atoms with Gasteiger partial charge in [-0.25, -0.2) is 9.37 Å². The first-order valence-corrected chi connectivity index (χ1v) is 10.5. The molecule has 3 aromatic rings. The van der Waals surface area contributed by atoms with Gasteiger partial charge in [-0.2, -0.15) is 0 Å². The van der Waals surface area contributed by atoms with Gasteiger partial charge >= 0.3 is 0 Å². The van der Waals surface area contributed by atoms with Crippen LogP contribution in [0.5, 0.6) is 0 Å². The van der Waals surface area contributed by atoms with Gasteiger partial charge in [0, 0.05) is 49.1 Å². The molecule has 0 unspecified atom stereocenters. The van der Waals surface area contributed by atoms with Crippen LogP contribution in [0.4, 0.5) is 4.39 Å². The average Bonchev–Trinajstić information content (AvgIpc) is 3.38. The zero-order valence-electron chi connectivity index (χ0n) is 17.4. The van der Waals surface area contributed by atoms with E-state index in [1.165, 1.54) is 12.1 Å². The Labute approximate surface area is 179 Å². The van der Waals surface area contributed by atoms with Crippen molar-refractivity contribution in [2.45, 2.75) is 25.4 Å². The molecule has 0 atom stereocenters. The lowest BCUT2D eigenvalue weighted by molar-refractivity contribution is -0.143. The van der Waals surface area contributed by atoms with Gasteiger partial charge < -0.3 is 19.3 Å². The summed E-state index contributed by atoms with van der Waals surface area (Å²) in [7, 11) is 0. The monoisotopic (exact) mass is 421 g/mol. The normalized spacial score (nSPS) is 17.8. The molecule has 2 aromatic carbocycles. The van der Waals surface area contributed by atoms with Gasteiger partial charge in [0.2, 0.25) is 5.89 Å². The first-order chi connectivity index (χ1) is 14.8. The fourth-order valence-corrected chi connectivity index (χ4v) is 4.12. The number of halogens is 1. The molecule has 0 spiro atoms. The Kier molecular flexibility index (Phi) is 4.59. The van der Waals surface area contributed by atoms with Crippen molar-refractivity contribution in [2.24, 2.45) is 0 Å². The minimum atomic E-state index is -1.11. The van der Waals surface area contributed by atoms with Crippen LogP contribution in [0.2, 0.25) is 0 Å². The maximum absolute atomic E-state index is 13.4. The largest absolute Gasteiger partial charge is 0.436 e. The summed E-state index contributed by atoms with van der Waals surface area (Å²) < 4.78 is 19.2. The van der Waals surface area contributed by atoms with Gasteiger partial charge in [-0.3, -0.25) is 4.79 Å². The van der Waals surface area contributed by atoms with E-state index < -0.39 is 5.60 Å². The SMILES string of the molecule is C=C(c1ccc(-c2nc3ccc(F)cc3o2)cc1C)N1CCN(C(=O)C2(O)CC2)CC1. The summed E-state index contributed by atoms with van der Waals surface area (Å²) in [5.74, 6) is -0.0476. The smallest absolute Gasteiger partial charge is 0.254 e. The number of aromatic nitrogens is 1. The van der Waals surface area contributed by atoms with Crippen molar-refractivity contribution in [1.29, 1.82) is 0 Å². The molecule has 31 heavy (non-hydrogen) atoms. The van der Waals surface area contributed by atoms with Crippen LogP contribution < -0.4 is 0 Å². The van der Waals surface area contributed by atoms with Crippen LogP contribution in [0, 0.1) is 12.7 Å². The molecule has 5 rings (SSSR count). The van der Waals surface area contributed by atoms with Crippen LogP contribution in [0.15, 0.2) is 47.4 Å². The van der Waals surface area contributed by atoms with Gasteiger partial charge in [-0.05, 0) is 49.6 Å². The van der Waals surface area contributed by atoms with Crippen LogP contribution in [0.3, 0.4) is 0 Å². The third kappa shape index (κ3) is 3.59. The third-order valence-electron chi connectivity index (χ3n) is 6.21. The molecule has 1 N–H and O–H groups in total. The number of nitrogens with zero attached hydrogens (tertiary/aromatic N) is 3. The minimum Gasteiger partial charge on any atom is -0.436 e. The fourth-order valence-electron chi connectivity index (χ4n) is 4.12. The van der Waals surface area contributed by atoms with Crippen molar-refractivity contribution in [3.05, 3.63) is 59.9 Å². The number of hydrogen-bond donors (Lipinski definition) is 1. The van der Waals surface area contributed by atoms with Crippen LogP contribution in [-0.4, -0.2) is 57.6 Å². The summed E-state index contributed by atoms with van der Waals surface area (Å²) in [4.78, 5) is 20.7. The van der Waals surface area contributed by atoms with Gasteiger partial charge in [0.05, 0.1) is 0 Å². The lowest BCUT2D eigenvalue weighted by atomic mass is 10.0. The molecular formula is C24H24FN3O3. The summed E-state index contributed by atoms with van der Waals surface area (Å²) in [5.41, 5.74) is 3.70. The van der Waals surface area contributed by atoms with E-state index in [9.17, 15) is 14.3 Å². The number of carbonyl (C=O) groups excluding carboxylic acids is 1. The molecule has 1 saturated heterocycles. The maximum Gasteiger partial charge on any atom is 0.254 e. The van der Waals surface area contributed by atoms with Crippen LogP contribution in [0.1, 0.15) is 24.0 Å². The van der Waals surface area contributed by atoms with Crippen molar-refractivity contribution in [1.82, 2.24) is 14.8 Å².